The molecule has 1 atom stereocenters. The van der Waals surface area contributed by atoms with Crippen LogP contribution in [0.1, 0.15) is 12.5 Å². The van der Waals surface area contributed by atoms with Crippen molar-refractivity contribution in [2.24, 2.45) is 0 Å². The van der Waals surface area contributed by atoms with Gasteiger partial charge in [0.1, 0.15) is 4.90 Å². The van der Waals surface area contributed by atoms with Crippen LogP contribution in [0.15, 0.2) is 17.0 Å². The molecule has 1 aliphatic heterocycles. The van der Waals surface area contributed by atoms with Crippen LogP contribution in [0.3, 0.4) is 0 Å². The number of nitrogens with zero attached hydrogens (tertiary/aromatic N) is 1. The lowest BCUT2D eigenvalue weighted by atomic mass is 10.2. The number of carbonyl (C=O) groups excluding carboxylic acids is 1. The molecule has 2 N–H and O–H groups in total. The maximum atomic E-state index is 12.5. The van der Waals surface area contributed by atoms with Crippen LogP contribution in [0.2, 0.25) is 5.02 Å². The highest BCUT2D eigenvalue weighted by Gasteiger charge is 2.30. The molecule has 0 aliphatic carbocycles. The van der Waals surface area contributed by atoms with Crippen molar-refractivity contribution in [1.82, 2.24) is 4.31 Å². The summed E-state index contributed by atoms with van der Waals surface area (Å²) >= 11 is 6.01. The Morgan fingerprint density at radius 3 is 2.75 bits per heavy atom. The molecule has 1 aromatic carbocycles. The molecule has 6 nitrogen and oxygen atoms in total. The monoisotopic (exact) mass is 318 g/mol. The van der Waals surface area contributed by atoms with Gasteiger partial charge in [-0.05, 0) is 24.6 Å². The molecule has 110 valence electrons. The zero-order valence-electron chi connectivity index (χ0n) is 11.1. The van der Waals surface area contributed by atoms with Gasteiger partial charge in [0.25, 0.3) is 0 Å². The Morgan fingerprint density at radius 1 is 1.50 bits per heavy atom. The van der Waals surface area contributed by atoms with Gasteiger partial charge in [-0.1, -0.05) is 11.6 Å². The summed E-state index contributed by atoms with van der Waals surface area (Å²) in [5.74, 6) is -0.192. The number of rotatable bonds is 4. The number of anilines is 1. The van der Waals surface area contributed by atoms with E-state index in [1.54, 1.807) is 6.92 Å². The van der Waals surface area contributed by atoms with Gasteiger partial charge in [-0.2, -0.15) is 4.31 Å². The number of carbonyl (C=O) groups is 1. The summed E-state index contributed by atoms with van der Waals surface area (Å²) in [5, 5.41) is 11.7. The van der Waals surface area contributed by atoms with Gasteiger partial charge in [-0.3, -0.25) is 4.79 Å². The van der Waals surface area contributed by atoms with Gasteiger partial charge < -0.3 is 10.4 Å². The van der Waals surface area contributed by atoms with Crippen molar-refractivity contribution < 1.29 is 18.3 Å². The zero-order chi connectivity index (χ0) is 15.1. The minimum absolute atomic E-state index is 0.0444. The maximum Gasteiger partial charge on any atom is 0.244 e. The van der Waals surface area contributed by atoms with Gasteiger partial charge in [0.05, 0.1) is 18.1 Å². The lowest BCUT2D eigenvalue weighted by molar-refractivity contribution is -0.115. The van der Waals surface area contributed by atoms with Crippen LogP contribution < -0.4 is 5.32 Å². The van der Waals surface area contributed by atoms with E-state index in [-0.39, 0.29) is 28.9 Å². The molecule has 1 unspecified atom stereocenters. The molecule has 2 rings (SSSR count). The van der Waals surface area contributed by atoms with Crippen LogP contribution in [0.5, 0.6) is 0 Å². The van der Waals surface area contributed by atoms with Gasteiger partial charge in [0.2, 0.25) is 15.9 Å². The normalized spacial score (nSPS) is 16.1. The molecular weight excluding hydrogens is 304 g/mol. The molecule has 1 aliphatic rings. The molecule has 0 saturated carbocycles. The van der Waals surface area contributed by atoms with E-state index in [9.17, 15) is 13.2 Å². The van der Waals surface area contributed by atoms with Crippen molar-refractivity contribution >= 4 is 33.2 Å². The third kappa shape index (κ3) is 2.54. The number of amides is 1. The van der Waals surface area contributed by atoms with E-state index in [0.717, 1.165) is 4.31 Å². The fourth-order valence-electron chi connectivity index (χ4n) is 1.93. The summed E-state index contributed by atoms with van der Waals surface area (Å²) in [7, 11) is -2.44. The minimum Gasteiger partial charge on any atom is -0.395 e. The number of hydrogen-bond donors (Lipinski definition) is 2. The van der Waals surface area contributed by atoms with Crippen molar-refractivity contribution in [3.63, 3.8) is 0 Å². The number of benzene rings is 1. The van der Waals surface area contributed by atoms with E-state index >= 15 is 0 Å². The molecule has 1 aromatic rings. The van der Waals surface area contributed by atoms with Crippen molar-refractivity contribution in [2.75, 3.05) is 19.0 Å². The standard InChI is InChI=1S/C12H15ClN2O4S/c1-7(6-16)15(2)20(18,19)11-3-8-4-12(17)14-10(8)5-9(11)13/h3,5,7,16H,4,6H2,1-2H3,(H,14,17). The molecular formula is C12H15ClN2O4S. The summed E-state index contributed by atoms with van der Waals surface area (Å²) in [6.45, 7) is 1.29. The second-order valence-corrected chi connectivity index (χ2v) is 7.09. The molecule has 20 heavy (non-hydrogen) atoms. The molecule has 0 aromatic heterocycles. The summed E-state index contributed by atoms with van der Waals surface area (Å²) in [5.41, 5.74) is 1.14. The molecule has 0 fully saturated rings. The SMILES string of the molecule is CC(CO)N(C)S(=O)(=O)c1cc2c(cc1Cl)NC(=O)C2. The fraction of sp³-hybridized carbons (Fsp3) is 0.417. The largest absolute Gasteiger partial charge is 0.395 e. The number of likely N-dealkylation sites (N-methyl/N-ethyl adjacent to an activating group) is 1. The van der Waals surface area contributed by atoms with Crippen LogP contribution in [0.4, 0.5) is 5.69 Å². The minimum atomic E-state index is -3.82. The van der Waals surface area contributed by atoms with E-state index in [1.165, 1.54) is 19.2 Å². The van der Waals surface area contributed by atoms with E-state index in [4.69, 9.17) is 16.7 Å². The number of sulfonamides is 1. The van der Waals surface area contributed by atoms with Crippen molar-refractivity contribution in [3.8, 4) is 0 Å². The third-order valence-electron chi connectivity index (χ3n) is 3.32. The molecule has 1 amide bonds. The molecule has 8 heteroatoms. The highest BCUT2D eigenvalue weighted by atomic mass is 35.5. The first kappa shape index (κ1) is 15.2. The molecule has 0 spiro atoms. The Balaban J connectivity index is 2.48. The van der Waals surface area contributed by atoms with Gasteiger partial charge >= 0.3 is 0 Å². The first-order valence-electron chi connectivity index (χ1n) is 5.98. The summed E-state index contributed by atoms with van der Waals surface area (Å²) in [6.07, 6.45) is 0.133. The number of aliphatic hydroxyl groups is 1. The number of hydrogen-bond acceptors (Lipinski definition) is 4. The fourth-order valence-corrected chi connectivity index (χ4v) is 3.83. The first-order chi connectivity index (χ1) is 9.27. The first-order valence-corrected chi connectivity index (χ1v) is 7.80. The van der Waals surface area contributed by atoms with Gasteiger partial charge in [-0.25, -0.2) is 8.42 Å². The van der Waals surface area contributed by atoms with Gasteiger partial charge in [0, 0.05) is 18.8 Å². The molecule has 0 saturated heterocycles. The lowest BCUT2D eigenvalue weighted by Crippen LogP contribution is -2.37. The lowest BCUT2D eigenvalue weighted by Gasteiger charge is -2.23. The Labute approximate surface area is 122 Å². The Hall–Kier alpha value is -1.15. The number of halogens is 1. The highest BCUT2D eigenvalue weighted by molar-refractivity contribution is 7.89. The van der Waals surface area contributed by atoms with E-state index in [0.29, 0.717) is 11.3 Å². The number of nitrogens with one attached hydrogen (secondary N) is 1. The topological polar surface area (TPSA) is 86.7 Å². The summed E-state index contributed by atoms with van der Waals surface area (Å²) in [4.78, 5) is 11.3. The van der Waals surface area contributed by atoms with Crippen molar-refractivity contribution in [2.45, 2.75) is 24.3 Å². The number of aliphatic hydroxyl groups excluding tert-OH is 1. The van der Waals surface area contributed by atoms with E-state index in [2.05, 4.69) is 5.32 Å². The smallest absolute Gasteiger partial charge is 0.244 e. The van der Waals surface area contributed by atoms with Crippen molar-refractivity contribution in [1.29, 1.82) is 0 Å². The van der Waals surface area contributed by atoms with Crippen LogP contribution in [0, 0.1) is 0 Å². The average Bonchev–Trinajstić information content (AvgIpc) is 2.74. The Bertz CT molecular complexity index is 660. The highest BCUT2D eigenvalue weighted by Crippen LogP contribution is 2.33. The van der Waals surface area contributed by atoms with Crippen LogP contribution in [-0.2, 0) is 21.2 Å². The Morgan fingerprint density at radius 2 is 2.15 bits per heavy atom. The van der Waals surface area contributed by atoms with Gasteiger partial charge in [0.15, 0.2) is 0 Å². The second kappa shape index (κ2) is 5.33. The van der Waals surface area contributed by atoms with Gasteiger partial charge in [-0.15, -0.1) is 0 Å². The third-order valence-corrected chi connectivity index (χ3v) is 5.76. The second-order valence-electron chi connectivity index (χ2n) is 4.72. The van der Waals surface area contributed by atoms with E-state index in [1.807, 2.05) is 0 Å². The molecule has 1 heterocycles. The predicted octanol–water partition coefficient (Wildman–Crippen LogP) is 0.836. The molecule has 0 radical (unpaired) electrons. The van der Waals surface area contributed by atoms with Crippen LogP contribution in [-0.4, -0.2) is 43.4 Å². The maximum absolute atomic E-state index is 12.5. The van der Waals surface area contributed by atoms with E-state index < -0.39 is 16.1 Å². The predicted molar refractivity (Wildman–Crippen MR) is 75.3 cm³/mol. The van der Waals surface area contributed by atoms with Crippen LogP contribution >= 0.6 is 11.6 Å². The summed E-state index contributed by atoms with van der Waals surface area (Å²) in [6, 6.07) is 2.28. The van der Waals surface area contributed by atoms with Crippen LogP contribution in [0.25, 0.3) is 0 Å². The number of fused-ring (bicyclic) bond motifs is 1. The Kier molecular flexibility index (Phi) is 4.06. The molecule has 0 bridgehead atoms. The van der Waals surface area contributed by atoms with Crippen molar-refractivity contribution in [3.05, 3.63) is 22.7 Å². The average molecular weight is 319 g/mol. The quantitative estimate of drug-likeness (QED) is 0.861. The summed E-state index contributed by atoms with van der Waals surface area (Å²) < 4.78 is 26.0. The zero-order valence-corrected chi connectivity index (χ0v) is 12.6.